The molecule has 0 aromatic heterocycles. The van der Waals surface area contributed by atoms with Crippen LogP contribution in [0, 0.1) is 5.41 Å². The number of carbonyl (C=O) groups is 1. The van der Waals surface area contributed by atoms with Crippen LogP contribution in [0.5, 0.6) is 0 Å². The molecule has 1 saturated heterocycles. The van der Waals surface area contributed by atoms with E-state index >= 15 is 0 Å². The Labute approximate surface area is 115 Å². The second kappa shape index (κ2) is 5.74. The van der Waals surface area contributed by atoms with Gasteiger partial charge in [0.2, 0.25) is 0 Å². The Morgan fingerprint density at radius 3 is 2.32 bits per heavy atom. The number of hydrogen-bond acceptors (Lipinski definition) is 2. The SMILES string of the molecule is CC(C)c1ccc(CC2(C(=O)O)CCNCC2)cc1. The number of carboxylic acid groups (broad SMARTS) is 1. The van der Waals surface area contributed by atoms with Gasteiger partial charge in [-0.05, 0) is 49.4 Å². The molecule has 0 aliphatic carbocycles. The van der Waals surface area contributed by atoms with Crippen molar-refractivity contribution in [2.45, 2.75) is 39.0 Å². The number of rotatable bonds is 4. The summed E-state index contributed by atoms with van der Waals surface area (Å²) in [5.41, 5.74) is 1.86. The Hall–Kier alpha value is -1.35. The molecular weight excluding hydrogens is 238 g/mol. The molecular formula is C16H23NO2. The van der Waals surface area contributed by atoms with Crippen molar-refractivity contribution in [1.29, 1.82) is 0 Å². The van der Waals surface area contributed by atoms with Crippen LogP contribution in [0.3, 0.4) is 0 Å². The number of carboxylic acids is 1. The quantitative estimate of drug-likeness (QED) is 0.876. The van der Waals surface area contributed by atoms with Gasteiger partial charge in [0.05, 0.1) is 5.41 Å². The molecule has 1 aromatic rings. The van der Waals surface area contributed by atoms with Gasteiger partial charge in [-0.3, -0.25) is 4.79 Å². The van der Waals surface area contributed by atoms with E-state index in [9.17, 15) is 9.90 Å². The molecule has 1 heterocycles. The van der Waals surface area contributed by atoms with Crippen molar-refractivity contribution in [2.75, 3.05) is 13.1 Å². The lowest BCUT2D eigenvalue weighted by Gasteiger charge is -2.33. The first-order valence-corrected chi connectivity index (χ1v) is 7.06. The highest BCUT2D eigenvalue weighted by atomic mass is 16.4. The summed E-state index contributed by atoms with van der Waals surface area (Å²) in [6.45, 7) is 5.94. The smallest absolute Gasteiger partial charge is 0.310 e. The Bertz CT molecular complexity index is 431. The molecule has 1 aromatic carbocycles. The zero-order chi connectivity index (χ0) is 13.9. The third-order valence-electron chi connectivity index (χ3n) is 4.20. The first kappa shape index (κ1) is 14.1. The van der Waals surface area contributed by atoms with Crippen molar-refractivity contribution in [3.8, 4) is 0 Å². The van der Waals surface area contributed by atoms with Crippen molar-refractivity contribution in [1.82, 2.24) is 5.32 Å². The Balaban J connectivity index is 2.15. The molecule has 1 aliphatic heterocycles. The van der Waals surface area contributed by atoms with Crippen LogP contribution in [0.4, 0.5) is 0 Å². The predicted molar refractivity (Wildman–Crippen MR) is 76.4 cm³/mol. The summed E-state index contributed by atoms with van der Waals surface area (Å²) in [5.74, 6) is -0.136. The average molecular weight is 261 g/mol. The van der Waals surface area contributed by atoms with Gasteiger partial charge in [0, 0.05) is 0 Å². The summed E-state index contributed by atoms with van der Waals surface area (Å²) in [5, 5.41) is 12.8. The molecule has 0 bridgehead atoms. The zero-order valence-corrected chi connectivity index (χ0v) is 11.8. The molecule has 0 saturated carbocycles. The molecule has 1 fully saturated rings. The number of piperidine rings is 1. The number of benzene rings is 1. The summed E-state index contributed by atoms with van der Waals surface area (Å²) in [4.78, 5) is 11.6. The maximum Gasteiger partial charge on any atom is 0.310 e. The van der Waals surface area contributed by atoms with Crippen LogP contribution in [0.25, 0.3) is 0 Å². The largest absolute Gasteiger partial charge is 0.481 e. The van der Waals surface area contributed by atoms with Gasteiger partial charge >= 0.3 is 5.97 Å². The molecule has 0 radical (unpaired) electrons. The van der Waals surface area contributed by atoms with E-state index in [0.717, 1.165) is 18.7 Å². The molecule has 0 spiro atoms. The van der Waals surface area contributed by atoms with Gasteiger partial charge in [-0.15, -0.1) is 0 Å². The minimum atomic E-state index is -0.651. The average Bonchev–Trinajstić information content (AvgIpc) is 2.40. The zero-order valence-electron chi connectivity index (χ0n) is 11.8. The van der Waals surface area contributed by atoms with Crippen molar-refractivity contribution < 1.29 is 9.90 Å². The van der Waals surface area contributed by atoms with E-state index < -0.39 is 11.4 Å². The van der Waals surface area contributed by atoms with E-state index in [1.165, 1.54) is 5.56 Å². The van der Waals surface area contributed by atoms with Crippen molar-refractivity contribution in [3.63, 3.8) is 0 Å². The lowest BCUT2D eigenvalue weighted by molar-refractivity contribution is -0.150. The summed E-state index contributed by atoms with van der Waals surface area (Å²) in [6.07, 6.45) is 2.07. The van der Waals surface area contributed by atoms with Gasteiger partial charge in [-0.2, -0.15) is 0 Å². The molecule has 3 nitrogen and oxygen atoms in total. The number of nitrogens with one attached hydrogen (secondary N) is 1. The van der Waals surface area contributed by atoms with Crippen molar-refractivity contribution in [3.05, 3.63) is 35.4 Å². The monoisotopic (exact) mass is 261 g/mol. The van der Waals surface area contributed by atoms with Crippen LogP contribution in [-0.2, 0) is 11.2 Å². The molecule has 2 N–H and O–H groups in total. The molecule has 19 heavy (non-hydrogen) atoms. The second-order valence-electron chi connectivity index (χ2n) is 5.91. The van der Waals surface area contributed by atoms with E-state index in [2.05, 4.69) is 43.4 Å². The van der Waals surface area contributed by atoms with Crippen molar-refractivity contribution in [2.24, 2.45) is 5.41 Å². The standard InChI is InChI=1S/C16H23NO2/c1-12(2)14-5-3-13(4-6-14)11-16(15(18)19)7-9-17-10-8-16/h3-6,12,17H,7-11H2,1-2H3,(H,18,19). The Morgan fingerprint density at radius 1 is 1.26 bits per heavy atom. The van der Waals surface area contributed by atoms with Gasteiger partial charge in [0.15, 0.2) is 0 Å². The van der Waals surface area contributed by atoms with E-state index in [-0.39, 0.29) is 0 Å². The molecule has 0 amide bonds. The topological polar surface area (TPSA) is 49.3 Å². The Kier molecular flexibility index (Phi) is 4.25. The lowest BCUT2D eigenvalue weighted by atomic mass is 9.74. The van der Waals surface area contributed by atoms with Crippen molar-refractivity contribution >= 4 is 5.97 Å². The summed E-state index contributed by atoms with van der Waals surface area (Å²) < 4.78 is 0. The van der Waals surface area contributed by atoms with Crippen LogP contribution in [-0.4, -0.2) is 24.2 Å². The van der Waals surface area contributed by atoms with Crippen LogP contribution in [0.1, 0.15) is 43.7 Å². The van der Waals surface area contributed by atoms with Gasteiger partial charge in [-0.1, -0.05) is 38.1 Å². The maximum atomic E-state index is 11.6. The summed E-state index contributed by atoms with van der Waals surface area (Å²) in [6, 6.07) is 8.41. The van der Waals surface area contributed by atoms with Gasteiger partial charge in [-0.25, -0.2) is 0 Å². The van der Waals surface area contributed by atoms with Crippen LogP contribution in [0.2, 0.25) is 0 Å². The van der Waals surface area contributed by atoms with E-state index in [0.29, 0.717) is 25.2 Å². The van der Waals surface area contributed by atoms with Crippen LogP contribution in [0.15, 0.2) is 24.3 Å². The van der Waals surface area contributed by atoms with Gasteiger partial charge in [0.25, 0.3) is 0 Å². The molecule has 104 valence electrons. The maximum absolute atomic E-state index is 11.6. The molecule has 3 heteroatoms. The fourth-order valence-corrected chi connectivity index (χ4v) is 2.78. The highest BCUT2D eigenvalue weighted by molar-refractivity contribution is 5.75. The molecule has 0 atom stereocenters. The Morgan fingerprint density at radius 2 is 1.84 bits per heavy atom. The number of aliphatic carboxylic acids is 1. The van der Waals surface area contributed by atoms with Gasteiger partial charge < -0.3 is 10.4 Å². The van der Waals surface area contributed by atoms with Crippen LogP contribution >= 0.6 is 0 Å². The fraction of sp³-hybridized carbons (Fsp3) is 0.562. The van der Waals surface area contributed by atoms with E-state index in [4.69, 9.17) is 0 Å². The summed E-state index contributed by atoms with van der Waals surface area (Å²) in [7, 11) is 0. The first-order valence-electron chi connectivity index (χ1n) is 7.06. The first-order chi connectivity index (χ1) is 9.03. The molecule has 2 rings (SSSR count). The lowest BCUT2D eigenvalue weighted by Crippen LogP contribution is -2.43. The molecule has 0 unspecified atom stereocenters. The molecule has 1 aliphatic rings. The third kappa shape index (κ3) is 3.16. The minimum Gasteiger partial charge on any atom is -0.481 e. The third-order valence-corrected chi connectivity index (χ3v) is 4.20. The van der Waals surface area contributed by atoms with Gasteiger partial charge in [0.1, 0.15) is 0 Å². The highest BCUT2D eigenvalue weighted by Crippen LogP contribution is 2.33. The second-order valence-corrected chi connectivity index (χ2v) is 5.91. The minimum absolute atomic E-state index is 0.515. The van der Waals surface area contributed by atoms with E-state index in [1.807, 2.05) is 0 Å². The predicted octanol–water partition coefficient (Wildman–Crippen LogP) is 2.81. The highest BCUT2D eigenvalue weighted by Gasteiger charge is 2.39. The normalized spacial score (nSPS) is 18.5. The fourth-order valence-electron chi connectivity index (χ4n) is 2.78. The number of hydrogen-bond donors (Lipinski definition) is 2. The van der Waals surface area contributed by atoms with Crippen LogP contribution < -0.4 is 5.32 Å². The van der Waals surface area contributed by atoms with E-state index in [1.54, 1.807) is 0 Å². The summed E-state index contributed by atoms with van der Waals surface area (Å²) >= 11 is 0.